The van der Waals surface area contributed by atoms with E-state index >= 15 is 0 Å². The van der Waals surface area contributed by atoms with Crippen molar-refractivity contribution < 1.29 is 19.1 Å². The number of anilines is 1. The molecule has 42 heavy (non-hydrogen) atoms. The third-order valence-electron chi connectivity index (χ3n) is 7.79. The lowest BCUT2D eigenvalue weighted by molar-refractivity contribution is 0.0771. The number of aromatic nitrogens is 2. The summed E-state index contributed by atoms with van der Waals surface area (Å²) in [6.45, 7) is 8.52. The number of imidazole rings is 1. The van der Waals surface area contributed by atoms with E-state index in [-0.39, 0.29) is 30.6 Å². The SMILES string of the molecule is CCN(CC)C(=O)c1ccc(NC(=O)c2ccc3nc(C)n(C4CCCN(C(=O)OCc5ccccc5)C4)c3c2)cc1. The Bertz CT molecular complexity index is 1560. The summed E-state index contributed by atoms with van der Waals surface area (Å²) in [7, 11) is 0. The molecular formula is C33H37N5O4. The molecule has 2 heterocycles. The molecule has 1 aliphatic rings. The Labute approximate surface area is 246 Å². The second-order valence-electron chi connectivity index (χ2n) is 10.5. The Hall–Kier alpha value is -4.66. The standard InChI is InChI=1S/C33H37N5O4/c1-4-36(5-2)32(40)25-13-16-27(17-14-25)35-31(39)26-15-18-29-30(20-26)38(23(3)34-29)28-12-9-19-37(21-28)33(41)42-22-24-10-7-6-8-11-24/h6-8,10-11,13-18,20,28H,4-5,9,12,19,21-22H2,1-3H3,(H,35,39). The van der Waals surface area contributed by atoms with E-state index in [4.69, 9.17) is 9.72 Å². The molecule has 0 spiro atoms. The quantitative estimate of drug-likeness (QED) is 0.280. The molecule has 1 atom stereocenters. The molecule has 9 heteroatoms. The van der Waals surface area contributed by atoms with Crippen LogP contribution in [0.5, 0.6) is 0 Å². The Morgan fingerprint density at radius 3 is 2.40 bits per heavy atom. The predicted octanol–water partition coefficient (Wildman–Crippen LogP) is 6.05. The van der Waals surface area contributed by atoms with Gasteiger partial charge in [-0.05, 0) is 81.6 Å². The summed E-state index contributed by atoms with van der Waals surface area (Å²) in [5.74, 6) is 0.554. The molecule has 1 saturated heterocycles. The Morgan fingerprint density at radius 2 is 1.69 bits per heavy atom. The molecule has 0 saturated carbocycles. The molecule has 1 unspecified atom stereocenters. The molecule has 0 aliphatic carbocycles. The predicted molar refractivity (Wildman–Crippen MR) is 163 cm³/mol. The van der Waals surface area contributed by atoms with E-state index in [1.165, 1.54) is 0 Å². The van der Waals surface area contributed by atoms with Crippen LogP contribution in [-0.2, 0) is 11.3 Å². The second-order valence-corrected chi connectivity index (χ2v) is 10.5. The van der Waals surface area contributed by atoms with Gasteiger partial charge in [-0.2, -0.15) is 0 Å². The molecule has 218 valence electrons. The molecule has 1 fully saturated rings. The number of carbonyl (C=O) groups excluding carboxylic acids is 3. The Balaban J connectivity index is 1.29. The first kappa shape index (κ1) is 28.9. The summed E-state index contributed by atoms with van der Waals surface area (Å²) in [6, 6.07) is 22.1. The lowest BCUT2D eigenvalue weighted by Gasteiger charge is -2.33. The van der Waals surface area contributed by atoms with E-state index in [1.807, 2.05) is 63.2 Å². The lowest BCUT2D eigenvalue weighted by Crippen LogP contribution is -2.41. The summed E-state index contributed by atoms with van der Waals surface area (Å²) in [6.07, 6.45) is 1.41. The highest BCUT2D eigenvalue weighted by molar-refractivity contribution is 6.06. The monoisotopic (exact) mass is 567 g/mol. The van der Waals surface area contributed by atoms with Gasteiger partial charge in [-0.25, -0.2) is 9.78 Å². The highest BCUT2D eigenvalue weighted by Gasteiger charge is 2.28. The van der Waals surface area contributed by atoms with Gasteiger partial charge in [-0.1, -0.05) is 30.3 Å². The fourth-order valence-corrected chi connectivity index (χ4v) is 5.55. The van der Waals surface area contributed by atoms with Crippen LogP contribution < -0.4 is 5.32 Å². The molecule has 1 N–H and O–H groups in total. The first-order chi connectivity index (χ1) is 20.4. The maximum Gasteiger partial charge on any atom is 0.410 e. The van der Waals surface area contributed by atoms with Gasteiger partial charge >= 0.3 is 6.09 Å². The van der Waals surface area contributed by atoms with Gasteiger partial charge in [-0.3, -0.25) is 9.59 Å². The minimum atomic E-state index is -0.324. The van der Waals surface area contributed by atoms with Crippen LogP contribution in [0, 0.1) is 6.92 Å². The molecule has 0 bridgehead atoms. The minimum Gasteiger partial charge on any atom is -0.445 e. The number of benzene rings is 3. The molecule has 4 aromatic rings. The number of nitrogens with one attached hydrogen (secondary N) is 1. The third-order valence-corrected chi connectivity index (χ3v) is 7.79. The topological polar surface area (TPSA) is 96.8 Å². The van der Waals surface area contributed by atoms with Gasteiger partial charge < -0.3 is 24.4 Å². The van der Waals surface area contributed by atoms with E-state index in [1.54, 1.807) is 40.1 Å². The highest BCUT2D eigenvalue weighted by Crippen LogP contribution is 2.29. The third kappa shape index (κ3) is 6.30. The van der Waals surface area contributed by atoms with Gasteiger partial charge in [0.25, 0.3) is 11.8 Å². The molecular weight excluding hydrogens is 530 g/mol. The van der Waals surface area contributed by atoms with Crippen molar-refractivity contribution >= 4 is 34.6 Å². The van der Waals surface area contributed by atoms with Crippen molar-refractivity contribution in [3.63, 3.8) is 0 Å². The van der Waals surface area contributed by atoms with Crippen molar-refractivity contribution in [2.24, 2.45) is 0 Å². The van der Waals surface area contributed by atoms with Crippen molar-refractivity contribution in [3.05, 3.63) is 95.3 Å². The van der Waals surface area contributed by atoms with Gasteiger partial charge in [-0.15, -0.1) is 0 Å². The smallest absolute Gasteiger partial charge is 0.410 e. The maximum absolute atomic E-state index is 13.2. The number of aryl methyl sites for hydroxylation is 1. The zero-order chi connectivity index (χ0) is 29.6. The summed E-state index contributed by atoms with van der Waals surface area (Å²) < 4.78 is 7.72. The van der Waals surface area contributed by atoms with Gasteiger partial charge in [0, 0.05) is 43.0 Å². The molecule has 1 aromatic heterocycles. The normalized spacial score (nSPS) is 14.9. The van der Waals surface area contributed by atoms with Gasteiger partial charge in [0.05, 0.1) is 17.1 Å². The van der Waals surface area contributed by atoms with E-state index in [9.17, 15) is 14.4 Å². The van der Waals surface area contributed by atoms with E-state index in [0.29, 0.717) is 43.0 Å². The van der Waals surface area contributed by atoms with Crippen molar-refractivity contribution in [1.82, 2.24) is 19.4 Å². The van der Waals surface area contributed by atoms with Crippen LogP contribution >= 0.6 is 0 Å². The van der Waals surface area contributed by atoms with Crippen molar-refractivity contribution in [2.45, 2.75) is 46.3 Å². The van der Waals surface area contributed by atoms with E-state index < -0.39 is 0 Å². The Kier molecular flexibility index (Phi) is 8.85. The van der Waals surface area contributed by atoms with Crippen LogP contribution in [0.25, 0.3) is 11.0 Å². The zero-order valence-electron chi connectivity index (χ0n) is 24.4. The second kappa shape index (κ2) is 12.9. The number of likely N-dealkylation sites (tertiary alicyclic amines) is 1. The number of amides is 3. The Morgan fingerprint density at radius 1 is 0.976 bits per heavy atom. The fourth-order valence-electron chi connectivity index (χ4n) is 5.55. The first-order valence-electron chi connectivity index (χ1n) is 14.5. The van der Waals surface area contributed by atoms with Crippen LogP contribution in [0.1, 0.15) is 64.8 Å². The van der Waals surface area contributed by atoms with Crippen molar-refractivity contribution in [1.29, 1.82) is 0 Å². The molecule has 0 radical (unpaired) electrons. The number of hydrogen-bond acceptors (Lipinski definition) is 5. The van der Waals surface area contributed by atoms with Crippen molar-refractivity contribution in [3.8, 4) is 0 Å². The first-order valence-corrected chi connectivity index (χ1v) is 14.5. The summed E-state index contributed by atoms with van der Waals surface area (Å²) >= 11 is 0. The van der Waals surface area contributed by atoms with Crippen LogP contribution in [0.4, 0.5) is 10.5 Å². The molecule has 9 nitrogen and oxygen atoms in total. The minimum absolute atomic E-state index is 0.0159. The number of fused-ring (bicyclic) bond motifs is 1. The maximum atomic E-state index is 13.2. The fraction of sp³-hybridized carbons (Fsp3) is 0.333. The zero-order valence-corrected chi connectivity index (χ0v) is 24.4. The number of hydrogen-bond donors (Lipinski definition) is 1. The van der Waals surface area contributed by atoms with Gasteiger partial charge in [0.2, 0.25) is 0 Å². The van der Waals surface area contributed by atoms with Crippen LogP contribution in [0.15, 0.2) is 72.8 Å². The molecule has 3 aromatic carbocycles. The summed E-state index contributed by atoms with van der Waals surface area (Å²) in [5, 5.41) is 2.94. The van der Waals surface area contributed by atoms with Crippen LogP contribution in [-0.4, -0.2) is 63.4 Å². The number of rotatable bonds is 8. The van der Waals surface area contributed by atoms with Crippen molar-refractivity contribution in [2.75, 3.05) is 31.5 Å². The molecule has 1 aliphatic heterocycles. The van der Waals surface area contributed by atoms with E-state index in [2.05, 4.69) is 9.88 Å². The molecule has 3 amide bonds. The average molecular weight is 568 g/mol. The number of nitrogens with zero attached hydrogens (tertiary/aromatic N) is 4. The van der Waals surface area contributed by atoms with Gasteiger partial charge in [0.1, 0.15) is 12.4 Å². The number of piperidine rings is 1. The largest absolute Gasteiger partial charge is 0.445 e. The van der Waals surface area contributed by atoms with Gasteiger partial charge in [0.15, 0.2) is 0 Å². The van der Waals surface area contributed by atoms with E-state index in [0.717, 1.165) is 35.3 Å². The summed E-state index contributed by atoms with van der Waals surface area (Å²) in [4.78, 5) is 46.9. The number of ether oxygens (including phenoxy) is 1. The van der Waals surface area contributed by atoms with Crippen LogP contribution in [0.2, 0.25) is 0 Å². The number of carbonyl (C=O) groups is 3. The molecule has 5 rings (SSSR count). The highest BCUT2D eigenvalue weighted by atomic mass is 16.6. The van der Waals surface area contributed by atoms with Crippen LogP contribution in [0.3, 0.4) is 0 Å². The summed E-state index contributed by atoms with van der Waals surface area (Å²) in [5.41, 5.74) is 4.30. The average Bonchev–Trinajstić information content (AvgIpc) is 3.36. The lowest BCUT2D eigenvalue weighted by atomic mass is 10.1.